The fourth-order valence-corrected chi connectivity index (χ4v) is 1.56. The van der Waals surface area contributed by atoms with E-state index < -0.39 is 0 Å². The maximum absolute atomic E-state index is 4.33. The van der Waals surface area contributed by atoms with Crippen molar-refractivity contribution in [3.8, 4) is 0 Å². The SMILES string of the molecule is Cc1cc(CCCBr)ccc1S. The molecule has 0 atom stereocenters. The number of thiol groups is 1. The van der Waals surface area contributed by atoms with Crippen LogP contribution in [0.1, 0.15) is 17.5 Å². The molecule has 12 heavy (non-hydrogen) atoms. The number of hydrogen-bond acceptors (Lipinski definition) is 1. The molecule has 0 unspecified atom stereocenters. The molecular formula is C10H13BrS. The second-order valence-electron chi connectivity index (χ2n) is 2.91. The molecule has 66 valence electrons. The van der Waals surface area contributed by atoms with Crippen LogP contribution in [-0.4, -0.2) is 5.33 Å². The minimum atomic E-state index is 1.08. The summed E-state index contributed by atoms with van der Waals surface area (Å²) in [6, 6.07) is 6.44. The van der Waals surface area contributed by atoms with Gasteiger partial charge in [0.1, 0.15) is 0 Å². The molecule has 1 aromatic carbocycles. The first-order valence-electron chi connectivity index (χ1n) is 4.08. The summed E-state index contributed by atoms with van der Waals surface area (Å²) in [5.41, 5.74) is 2.68. The first-order chi connectivity index (χ1) is 5.74. The van der Waals surface area contributed by atoms with Crippen LogP contribution >= 0.6 is 28.6 Å². The Hall–Kier alpha value is 0.0500. The highest BCUT2D eigenvalue weighted by Gasteiger charge is 1.95. The molecule has 1 aromatic rings. The molecule has 0 amide bonds. The van der Waals surface area contributed by atoms with Crippen LogP contribution in [0.25, 0.3) is 0 Å². The summed E-state index contributed by atoms with van der Waals surface area (Å²) in [7, 11) is 0. The number of aryl methyl sites for hydroxylation is 2. The van der Waals surface area contributed by atoms with E-state index in [0.29, 0.717) is 0 Å². The lowest BCUT2D eigenvalue weighted by Crippen LogP contribution is -1.87. The topological polar surface area (TPSA) is 0 Å². The van der Waals surface area contributed by atoms with Crippen LogP contribution in [0.5, 0.6) is 0 Å². The van der Waals surface area contributed by atoms with Crippen LogP contribution in [0.4, 0.5) is 0 Å². The van der Waals surface area contributed by atoms with Crippen LogP contribution < -0.4 is 0 Å². The van der Waals surface area contributed by atoms with Crippen LogP contribution in [-0.2, 0) is 6.42 Å². The average molecular weight is 245 g/mol. The van der Waals surface area contributed by atoms with E-state index in [2.05, 4.69) is 53.7 Å². The third-order valence-corrected chi connectivity index (χ3v) is 2.92. The molecule has 0 nitrogen and oxygen atoms in total. The van der Waals surface area contributed by atoms with Gasteiger partial charge >= 0.3 is 0 Å². The van der Waals surface area contributed by atoms with Gasteiger partial charge < -0.3 is 0 Å². The highest BCUT2D eigenvalue weighted by molar-refractivity contribution is 9.09. The zero-order chi connectivity index (χ0) is 8.97. The molecule has 1 rings (SSSR count). The van der Waals surface area contributed by atoms with Gasteiger partial charge in [-0.2, -0.15) is 0 Å². The van der Waals surface area contributed by atoms with Crippen molar-refractivity contribution < 1.29 is 0 Å². The van der Waals surface area contributed by atoms with Crippen molar-refractivity contribution in [1.29, 1.82) is 0 Å². The van der Waals surface area contributed by atoms with E-state index in [4.69, 9.17) is 0 Å². The van der Waals surface area contributed by atoms with Crippen LogP contribution in [0.3, 0.4) is 0 Å². The summed E-state index contributed by atoms with van der Waals surface area (Å²) < 4.78 is 0. The van der Waals surface area contributed by atoms with E-state index >= 15 is 0 Å². The lowest BCUT2D eigenvalue weighted by molar-refractivity contribution is 0.934. The van der Waals surface area contributed by atoms with E-state index in [1.807, 2.05) is 0 Å². The molecule has 0 saturated carbocycles. The molecule has 0 aliphatic rings. The average Bonchev–Trinajstić information content (AvgIpc) is 2.07. The van der Waals surface area contributed by atoms with Crippen molar-refractivity contribution in [2.24, 2.45) is 0 Å². The predicted molar refractivity (Wildman–Crippen MR) is 60.5 cm³/mol. The van der Waals surface area contributed by atoms with E-state index in [1.54, 1.807) is 0 Å². The number of halogens is 1. The summed E-state index contributed by atoms with van der Waals surface area (Å²) in [4.78, 5) is 1.08. The number of benzene rings is 1. The summed E-state index contributed by atoms with van der Waals surface area (Å²) >= 11 is 7.75. The first-order valence-corrected chi connectivity index (χ1v) is 5.65. The lowest BCUT2D eigenvalue weighted by Gasteiger charge is -2.02. The van der Waals surface area contributed by atoms with Gasteiger partial charge in [0.2, 0.25) is 0 Å². The van der Waals surface area contributed by atoms with Gasteiger partial charge in [-0.1, -0.05) is 28.1 Å². The molecule has 0 saturated heterocycles. The molecule has 0 heterocycles. The fraction of sp³-hybridized carbons (Fsp3) is 0.400. The number of rotatable bonds is 3. The van der Waals surface area contributed by atoms with E-state index in [9.17, 15) is 0 Å². The second kappa shape index (κ2) is 4.93. The second-order valence-corrected chi connectivity index (χ2v) is 4.19. The zero-order valence-electron chi connectivity index (χ0n) is 7.18. The normalized spacial score (nSPS) is 10.2. The van der Waals surface area contributed by atoms with Gasteiger partial charge in [-0.05, 0) is 37.0 Å². The highest BCUT2D eigenvalue weighted by Crippen LogP contribution is 2.15. The van der Waals surface area contributed by atoms with Crippen molar-refractivity contribution >= 4 is 28.6 Å². The van der Waals surface area contributed by atoms with Crippen molar-refractivity contribution in [3.05, 3.63) is 29.3 Å². The van der Waals surface area contributed by atoms with Crippen molar-refractivity contribution in [1.82, 2.24) is 0 Å². The molecule has 0 aliphatic carbocycles. The minimum Gasteiger partial charge on any atom is -0.143 e. The number of hydrogen-bond donors (Lipinski definition) is 1. The van der Waals surface area contributed by atoms with Gasteiger partial charge in [0, 0.05) is 10.2 Å². The quantitative estimate of drug-likeness (QED) is 0.610. The molecule has 0 N–H and O–H groups in total. The third kappa shape index (κ3) is 2.83. The van der Waals surface area contributed by atoms with Crippen molar-refractivity contribution in [2.45, 2.75) is 24.7 Å². The monoisotopic (exact) mass is 244 g/mol. The minimum absolute atomic E-state index is 1.08. The lowest BCUT2D eigenvalue weighted by atomic mass is 10.1. The van der Waals surface area contributed by atoms with Gasteiger partial charge in [0.25, 0.3) is 0 Å². The van der Waals surface area contributed by atoms with Crippen LogP contribution in [0, 0.1) is 6.92 Å². The smallest absolute Gasteiger partial charge is 0.00694 e. The van der Waals surface area contributed by atoms with Crippen molar-refractivity contribution in [3.63, 3.8) is 0 Å². The fourth-order valence-electron chi connectivity index (χ4n) is 1.14. The number of alkyl halides is 1. The zero-order valence-corrected chi connectivity index (χ0v) is 9.66. The van der Waals surface area contributed by atoms with Crippen LogP contribution in [0.15, 0.2) is 23.1 Å². The largest absolute Gasteiger partial charge is 0.143 e. The summed E-state index contributed by atoms with van der Waals surface area (Å²) in [6.45, 7) is 2.10. The van der Waals surface area contributed by atoms with E-state index in [1.165, 1.54) is 17.5 Å². The molecular weight excluding hydrogens is 232 g/mol. The molecule has 2 heteroatoms. The Morgan fingerprint density at radius 2 is 2.17 bits per heavy atom. The Labute approximate surface area is 87.9 Å². The molecule has 0 aliphatic heterocycles. The Kier molecular flexibility index (Phi) is 4.16. The molecule has 0 fully saturated rings. The van der Waals surface area contributed by atoms with Gasteiger partial charge in [-0.25, -0.2) is 0 Å². The maximum Gasteiger partial charge on any atom is 0.00694 e. The van der Waals surface area contributed by atoms with Gasteiger partial charge in [0.05, 0.1) is 0 Å². The summed E-state index contributed by atoms with van der Waals surface area (Å²) in [5.74, 6) is 0. The maximum atomic E-state index is 4.33. The Morgan fingerprint density at radius 1 is 1.42 bits per heavy atom. The molecule has 0 radical (unpaired) electrons. The van der Waals surface area contributed by atoms with Gasteiger partial charge in [-0.15, -0.1) is 12.6 Å². The van der Waals surface area contributed by atoms with E-state index in [0.717, 1.165) is 16.6 Å². The third-order valence-electron chi connectivity index (χ3n) is 1.86. The molecule has 0 bridgehead atoms. The standard InChI is InChI=1S/C10H13BrS/c1-8-7-9(3-2-6-11)4-5-10(8)12/h4-5,7,12H,2-3,6H2,1H3. The van der Waals surface area contributed by atoms with Gasteiger partial charge in [-0.3, -0.25) is 0 Å². The Balaban J connectivity index is 2.69. The van der Waals surface area contributed by atoms with E-state index in [-0.39, 0.29) is 0 Å². The Bertz CT molecular complexity index is 258. The molecule has 0 spiro atoms. The first kappa shape index (κ1) is 10.1. The van der Waals surface area contributed by atoms with Crippen molar-refractivity contribution in [2.75, 3.05) is 5.33 Å². The molecule has 0 aromatic heterocycles. The Morgan fingerprint density at radius 3 is 2.75 bits per heavy atom. The highest BCUT2D eigenvalue weighted by atomic mass is 79.9. The summed E-state index contributed by atoms with van der Waals surface area (Å²) in [6.07, 6.45) is 2.35. The van der Waals surface area contributed by atoms with Crippen LogP contribution in [0.2, 0.25) is 0 Å². The predicted octanol–water partition coefficient (Wildman–Crippen LogP) is 3.61. The van der Waals surface area contributed by atoms with Gasteiger partial charge in [0.15, 0.2) is 0 Å². The summed E-state index contributed by atoms with van der Waals surface area (Å²) in [5, 5.41) is 1.08.